The normalized spacial score (nSPS) is 21.3. The predicted molar refractivity (Wildman–Crippen MR) is 76.6 cm³/mol. The molecule has 3 nitrogen and oxygen atoms in total. The second-order valence-electron chi connectivity index (χ2n) is 5.65. The van der Waals surface area contributed by atoms with E-state index < -0.39 is 0 Å². The standard InChI is InChI=1S/C15H24FN3/c1-11-10-13(4-5-14(11)16)15(12(2)17)19-8-6-18(3)7-9-19/h4-5,10,12,15H,6-9,17H2,1-3H3. The lowest BCUT2D eigenvalue weighted by molar-refractivity contribution is 0.101. The first-order valence-electron chi connectivity index (χ1n) is 6.93. The smallest absolute Gasteiger partial charge is 0.126 e. The van der Waals surface area contributed by atoms with Crippen LogP contribution in [0.1, 0.15) is 24.1 Å². The van der Waals surface area contributed by atoms with E-state index in [1.54, 1.807) is 13.0 Å². The van der Waals surface area contributed by atoms with Crippen molar-refractivity contribution in [2.24, 2.45) is 5.73 Å². The van der Waals surface area contributed by atoms with Crippen molar-refractivity contribution in [2.45, 2.75) is 25.9 Å². The molecule has 106 valence electrons. The topological polar surface area (TPSA) is 32.5 Å². The van der Waals surface area contributed by atoms with Gasteiger partial charge >= 0.3 is 0 Å². The summed E-state index contributed by atoms with van der Waals surface area (Å²) in [6, 6.07) is 5.56. The summed E-state index contributed by atoms with van der Waals surface area (Å²) in [6.07, 6.45) is 0. The summed E-state index contributed by atoms with van der Waals surface area (Å²) in [4.78, 5) is 4.74. The van der Waals surface area contributed by atoms with Gasteiger partial charge < -0.3 is 10.6 Å². The molecule has 1 saturated heterocycles. The van der Waals surface area contributed by atoms with Crippen LogP contribution in [0.2, 0.25) is 0 Å². The van der Waals surface area contributed by atoms with Crippen molar-refractivity contribution in [1.82, 2.24) is 9.80 Å². The van der Waals surface area contributed by atoms with Gasteiger partial charge in [-0.1, -0.05) is 12.1 Å². The second-order valence-corrected chi connectivity index (χ2v) is 5.65. The SMILES string of the molecule is Cc1cc(C(C(C)N)N2CCN(C)CC2)ccc1F. The van der Waals surface area contributed by atoms with E-state index in [9.17, 15) is 4.39 Å². The first kappa shape index (κ1) is 14.4. The lowest BCUT2D eigenvalue weighted by atomic mass is 9.96. The number of likely N-dealkylation sites (N-methyl/N-ethyl adjacent to an activating group) is 1. The Morgan fingerprint density at radius 1 is 1.21 bits per heavy atom. The first-order chi connectivity index (χ1) is 8.99. The van der Waals surface area contributed by atoms with Gasteiger partial charge in [-0.25, -0.2) is 4.39 Å². The molecule has 1 fully saturated rings. The Labute approximate surface area is 115 Å². The second kappa shape index (κ2) is 5.99. The molecule has 0 bridgehead atoms. The summed E-state index contributed by atoms with van der Waals surface area (Å²) in [5.41, 5.74) is 7.99. The Morgan fingerprint density at radius 2 is 1.84 bits per heavy atom. The van der Waals surface area contributed by atoms with Crippen molar-refractivity contribution in [3.05, 3.63) is 35.1 Å². The van der Waals surface area contributed by atoms with E-state index in [-0.39, 0.29) is 17.9 Å². The van der Waals surface area contributed by atoms with Gasteiger partial charge in [0.1, 0.15) is 5.82 Å². The van der Waals surface area contributed by atoms with Crippen molar-refractivity contribution in [3.8, 4) is 0 Å². The van der Waals surface area contributed by atoms with Crippen molar-refractivity contribution in [3.63, 3.8) is 0 Å². The van der Waals surface area contributed by atoms with Crippen LogP contribution in [0.15, 0.2) is 18.2 Å². The maximum Gasteiger partial charge on any atom is 0.126 e. The van der Waals surface area contributed by atoms with Crippen molar-refractivity contribution in [1.29, 1.82) is 0 Å². The highest BCUT2D eigenvalue weighted by Gasteiger charge is 2.26. The third-order valence-corrected chi connectivity index (χ3v) is 3.95. The van der Waals surface area contributed by atoms with Gasteiger partial charge in [-0.3, -0.25) is 4.90 Å². The van der Waals surface area contributed by atoms with Crippen LogP contribution in [0.4, 0.5) is 4.39 Å². The van der Waals surface area contributed by atoms with Crippen LogP contribution in [0.25, 0.3) is 0 Å². The van der Waals surface area contributed by atoms with Crippen LogP contribution in [-0.2, 0) is 0 Å². The Hall–Kier alpha value is -0.970. The van der Waals surface area contributed by atoms with Crippen LogP contribution in [0.5, 0.6) is 0 Å². The fourth-order valence-corrected chi connectivity index (χ4v) is 2.80. The van der Waals surface area contributed by atoms with Gasteiger partial charge in [-0.2, -0.15) is 0 Å². The third kappa shape index (κ3) is 3.32. The van der Waals surface area contributed by atoms with Gasteiger partial charge in [-0.05, 0) is 38.1 Å². The highest BCUT2D eigenvalue weighted by atomic mass is 19.1. The molecule has 2 N–H and O–H groups in total. The average molecular weight is 265 g/mol. The van der Waals surface area contributed by atoms with Crippen LogP contribution >= 0.6 is 0 Å². The Bertz CT molecular complexity index is 425. The van der Waals surface area contributed by atoms with Gasteiger partial charge in [0.15, 0.2) is 0 Å². The molecule has 0 amide bonds. The lowest BCUT2D eigenvalue weighted by Crippen LogP contribution is -2.49. The summed E-state index contributed by atoms with van der Waals surface area (Å²) < 4.78 is 13.4. The maximum absolute atomic E-state index is 13.4. The summed E-state index contributed by atoms with van der Waals surface area (Å²) in [7, 11) is 2.14. The number of rotatable bonds is 3. The fraction of sp³-hybridized carbons (Fsp3) is 0.600. The predicted octanol–water partition coefficient (Wildman–Crippen LogP) is 1.77. The molecule has 0 aromatic heterocycles. The van der Waals surface area contributed by atoms with E-state index in [1.807, 2.05) is 19.1 Å². The minimum absolute atomic E-state index is 0.0354. The average Bonchev–Trinajstić information content (AvgIpc) is 2.36. The molecule has 1 aromatic rings. The van der Waals surface area contributed by atoms with E-state index in [2.05, 4.69) is 16.8 Å². The number of nitrogens with two attached hydrogens (primary N) is 1. The first-order valence-corrected chi connectivity index (χ1v) is 6.93. The number of benzene rings is 1. The summed E-state index contributed by atoms with van der Waals surface area (Å²) in [6.45, 7) is 7.98. The van der Waals surface area contributed by atoms with Crippen LogP contribution in [0, 0.1) is 12.7 Å². The highest BCUT2D eigenvalue weighted by Crippen LogP contribution is 2.26. The molecule has 0 aliphatic carbocycles. The zero-order chi connectivity index (χ0) is 14.0. The van der Waals surface area contributed by atoms with Crippen molar-refractivity contribution in [2.75, 3.05) is 33.2 Å². The number of halogens is 1. The summed E-state index contributed by atoms with van der Waals surface area (Å²) in [5.74, 6) is -0.148. The van der Waals surface area contributed by atoms with E-state index >= 15 is 0 Å². The fourth-order valence-electron chi connectivity index (χ4n) is 2.80. The number of hydrogen-bond donors (Lipinski definition) is 1. The van der Waals surface area contributed by atoms with Gasteiger partial charge in [-0.15, -0.1) is 0 Å². The molecule has 2 atom stereocenters. The van der Waals surface area contributed by atoms with E-state index in [0.29, 0.717) is 5.56 Å². The molecule has 19 heavy (non-hydrogen) atoms. The van der Waals surface area contributed by atoms with Crippen molar-refractivity contribution < 1.29 is 4.39 Å². The molecule has 1 aliphatic rings. The molecule has 2 rings (SSSR count). The Morgan fingerprint density at radius 3 is 2.37 bits per heavy atom. The molecular formula is C15H24FN3. The Balaban J connectivity index is 2.22. The summed E-state index contributed by atoms with van der Waals surface area (Å²) >= 11 is 0. The van der Waals surface area contributed by atoms with Crippen molar-refractivity contribution >= 4 is 0 Å². The van der Waals surface area contributed by atoms with Crippen LogP contribution in [-0.4, -0.2) is 49.1 Å². The molecule has 1 heterocycles. The van der Waals surface area contributed by atoms with Crippen LogP contribution in [0.3, 0.4) is 0 Å². The van der Waals surface area contributed by atoms with Gasteiger partial charge in [0.05, 0.1) is 0 Å². The quantitative estimate of drug-likeness (QED) is 0.904. The van der Waals surface area contributed by atoms with E-state index in [0.717, 1.165) is 31.7 Å². The van der Waals surface area contributed by atoms with Gasteiger partial charge in [0, 0.05) is 38.3 Å². The number of hydrogen-bond acceptors (Lipinski definition) is 3. The minimum atomic E-state index is -0.148. The zero-order valence-corrected chi connectivity index (χ0v) is 12.1. The van der Waals surface area contributed by atoms with E-state index in [4.69, 9.17) is 5.73 Å². The molecule has 4 heteroatoms. The van der Waals surface area contributed by atoms with Crippen LogP contribution < -0.4 is 5.73 Å². The molecule has 0 saturated carbocycles. The lowest BCUT2D eigenvalue weighted by Gasteiger charge is -2.40. The van der Waals surface area contributed by atoms with E-state index in [1.165, 1.54) is 0 Å². The monoisotopic (exact) mass is 265 g/mol. The van der Waals surface area contributed by atoms with Gasteiger partial charge in [0.25, 0.3) is 0 Å². The molecule has 2 unspecified atom stereocenters. The Kier molecular flexibility index (Phi) is 4.55. The third-order valence-electron chi connectivity index (χ3n) is 3.95. The van der Waals surface area contributed by atoms with Gasteiger partial charge in [0.2, 0.25) is 0 Å². The molecule has 0 radical (unpaired) electrons. The minimum Gasteiger partial charge on any atom is -0.326 e. The number of piperazine rings is 1. The highest BCUT2D eigenvalue weighted by molar-refractivity contribution is 5.27. The molecule has 0 spiro atoms. The molecule has 1 aromatic carbocycles. The number of nitrogens with zero attached hydrogens (tertiary/aromatic N) is 2. The number of aryl methyl sites for hydroxylation is 1. The largest absolute Gasteiger partial charge is 0.326 e. The summed E-state index contributed by atoms with van der Waals surface area (Å²) in [5, 5.41) is 0. The zero-order valence-electron chi connectivity index (χ0n) is 12.1. The molecular weight excluding hydrogens is 241 g/mol. The molecule has 1 aliphatic heterocycles. The maximum atomic E-state index is 13.4.